The Hall–Kier alpha value is -0.283. The molecule has 0 saturated heterocycles. The zero-order chi connectivity index (χ0) is 11.8. The Morgan fingerprint density at radius 2 is 1.69 bits per heavy atom. The number of benzene rings is 1. The lowest BCUT2D eigenvalue weighted by molar-refractivity contribution is 0.537. The maximum atomic E-state index is 6.17. The highest BCUT2D eigenvalue weighted by Crippen LogP contribution is 2.35. The molecule has 0 spiro atoms. The van der Waals surface area contributed by atoms with E-state index >= 15 is 0 Å². The first-order valence-electron chi connectivity index (χ1n) is 5.97. The topological polar surface area (TPSA) is 9.23 Å². The molecule has 0 saturated carbocycles. The summed E-state index contributed by atoms with van der Waals surface area (Å²) in [5.41, 5.74) is 2.92. The van der Waals surface area contributed by atoms with Gasteiger partial charge >= 0.3 is 0 Å². The van der Waals surface area contributed by atoms with E-state index in [1.165, 1.54) is 41.3 Å². The lowest BCUT2D eigenvalue weighted by Gasteiger charge is -2.26. The Labute approximate surface area is 107 Å². The van der Waals surface area contributed by atoms with Gasteiger partial charge in [-0.1, -0.05) is 15.9 Å². The molecule has 1 aliphatic carbocycles. The van der Waals surface area contributed by atoms with Crippen molar-refractivity contribution in [2.45, 2.75) is 45.3 Å². The first kappa shape index (κ1) is 12.2. The minimum Gasteiger partial charge on any atom is -0.544 e. The minimum absolute atomic E-state index is 1.14. The number of halogens is 1. The fourth-order valence-corrected chi connectivity index (χ4v) is 3.64. The van der Waals surface area contributed by atoms with Gasteiger partial charge in [-0.2, -0.15) is 0 Å². The summed E-state index contributed by atoms with van der Waals surface area (Å²) in [5.74, 6) is 1.14. The lowest BCUT2D eigenvalue weighted by atomic mass is 9.91. The first-order valence-corrected chi connectivity index (χ1v) is 10.2. The molecule has 0 radical (unpaired) electrons. The van der Waals surface area contributed by atoms with E-state index in [0.29, 0.717) is 0 Å². The summed E-state index contributed by atoms with van der Waals surface area (Å²) in [6.07, 6.45) is 4.97. The van der Waals surface area contributed by atoms with Gasteiger partial charge in [-0.3, -0.25) is 0 Å². The number of hydrogen-bond acceptors (Lipinski definition) is 1. The van der Waals surface area contributed by atoms with Crippen molar-refractivity contribution in [3.63, 3.8) is 0 Å². The zero-order valence-electron chi connectivity index (χ0n) is 10.3. The maximum Gasteiger partial charge on any atom is 0.242 e. The number of hydrogen-bond donors (Lipinski definition) is 0. The van der Waals surface area contributed by atoms with Crippen LogP contribution in [0.25, 0.3) is 0 Å². The normalized spacial score (nSPS) is 15.8. The summed E-state index contributed by atoms with van der Waals surface area (Å²) >= 11 is 3.65. The summed E-state index contributed by atoms with van der Waals surface area (Å²) < 4.78 is 7.43. The van der Waals surface area contributed by atoms with Crippen LogP contribution in [0.15, 0.2) is 16.6 Å². The monoisotopic (exact) mass is 298 g/mol. The third-order valence-corrected chi connectivity index (χ3v) is 4.43. The van der Waals surface area contributed by atoms with Crippen LogP contribution in [0.2, 0.25) is 19.6 Å². The molecule has 0 aromatic heterocycles. The van der Waals surface area contributed by atoms with Crippen LogP contribution in [0, 0.1) is 0 Å². The molecule has 0 fully saturated rings. The van der Waals surface area contributed by atoms with Crippen molar-refractivity contribution in [2.75, 3.05) is 0 Å². The molecule has 16 heavy (non-hydrogen) atoms. The fourth-order valence-electron chi connectivity index (χ4n) is 2.22. The van der Waals surface area contributed by atoms with E-state index in [1.54, 1.807) is 0 Å². The van der Waals surface area contributed by atoms with Gasteiger partial charge in [0, 0.05) is 4.47 Å². The summed E-state index contributed by atoms with van der Waals surface area (Å²) in [6, 6.07) is 4.27. The summed E-state index contributed by atoms with van der Waals surface area (Å²) in [6.45, 7) is 6.72. The van der Waals surface area contributed by atoms with E-state index in [1.807, 2.05) is 0 Å². The molecule has 2 rings (SSSR count). The Balaban J connectivity index is 2.39. The van der Waals surface area contributed by atoms with Crippen LogP contribution in [0.5, 0.6) is 5.75 Å². The predicted molar refractivity (Wildman–Crippen MR) is 74.8 cm³/mol. The van der Waals surface area contributed by atoms with Crippen molar-refractivity contribution in [2.24, 2.45) is 0 Å². The molecule has 1 aliphatic rings. The smallest absolute Gasteiger partial charge is 0.242 e. The molecular formula is C13H19BrOSi. The molecule has 0 amide bonds. The summed E-state index contributed by atoms with van der Waals surface area (Å²) in [7, 11) is -1.49. The van der Waals surface area contributed by atoms with Crippen LogP contribution in [0.1, 0.15) is 24.0 Å². The Morgan fingerprint density at radius 3 is 2.31 bits per heavy atom. The van der Waals surface area contributed by atoms with E-state index in [4.69, 9.17) is 4.43 Å². The van der Waals surface area contributed by atoms with Gasteiger partial charge in [-0.25, -0.2) is 0 Å². The summed E-state index contributed by atoms with van der Waals surface area (Å²) in [5, 5.41) is 0. The quantitative estimate of drug-likeness (QED) is 0.728. The molecule has 0 heterocycles. The second-order valence-corrected chi connectivity index (χ2v) is 10.7. The van der Waals surface area contributed by atoms with Gasteiger partial charge in [0.25, 0.3) is 0 Å². The molecule has 1 aromatic rings. The average Bonchev–Trinajstić information content (AvgIpc) is 2.21. The van der Waals surface area contributed by atoms with Crippen molar-refractivity contribution >= 4 is 24.2 Å². The van der Waals surface area contributed by atoms with E-state index in [9.17, 15) is 0 Å². The molecular weight excluding hydrogens is 280 g/mol. The van der Waals surface area contributed by atoms with Gasteiger partial charge in [0.1, 0.15) is 5.75 Å². The molecule has 0 N–H and O–H groups in total. The fraction of sp³-hybridized carbons (Fsp3) is 0.538. The van der Waals surface area contributed by atoms with Crippen molar-refractivity contribution in [1.29, 1.82) is 0 Å². The molecule has 88 valence electrons. The standard InChI is InChI=1S/C13H19BrOSi/c1-16(2,3)15-13-9-8-12(14)10-6-4-5-7-11(10)13/h8-9H,4-7H2,1-3H3. The van der Waals surface area contributed by atoms with E-state index in [0.717, 1.165) is 5.75 Å². The van der Waals surface area contributed by atoms with Crippen molar-refractivity contribution in [3.8, 4) is 5.75 Å². The molecule has 1 nitrogen and oxygen atoms in total. The lowest BCUT2D eigenvalue weighted by Crippen LogP contribution is -2.30. The van der Waals surface area contributed by atoms with Crippen LogP contribution in [0.4, 0.5) is 0 Å². The Bertz CT molecular complexity index is 396. The predicted octanol–water partition coefficient (Wildman–Crippen LogP) is 4.54. The van der Waals surface area contributed by atoms with Crippen molar-refractivity contribution in [3.05, 3.63) is 27.7 Å². The molecule has 0 unspecified atom stereocenters. The van der Waals surface area contributed by atoms with Crippen LogP contribution in [-0.2, 0) is 12.8 Å². The Morgan fingerprint density at radius 1 is 1.06 bits per heavy atom. The van der Waals surface area contributed by atoms with Gasteiger partial charge in [-0.15, -0.1) is 0 Å². The van der Waals surface area contributed by atoms with E-state index < -0.39 is 8.32 Å². The van der Waals surface area contributed by atoms with Gasteiger partial charge in [0.05, 0.1) is 0 Å². The number of rotatable bonds is 2. The highest BCUT2D eigenvalue weighted by atomic mass is 79.9. The van der Waals surface area contributed by atoms with Crippen molar-refractivity contribution < 1.29 is 4.43 Å². The molecule has 0 aliphatic heterocycles. The molecule has 0 atom stereocenters. The zero-order valence-corrected chi connectivity index (χ0v) is 12.9. The summed E-state index contributed by atoms with van der Waals surface area (Å²) in [4.78, 5) is 0. The second kappa shape index (κ2) is 4.53. The highest BCUT2D eigenvalue weighted by molar-refractivity contribution is 9.10. The number of fused-ring (bicyclic) bond motifs is 1. The highest BCUT2D eigenvalue weighted by Gasteiger charge is 2.22. The average molecular weight is 299 g/mol. The molecule has 3 heteroatoms. The van der Waals surface area contributed by atoms with Crippen LogP contribution in [-0.4, -0.2) is 8.32 Å². The van der Waals surface area contributed by atoms with Gasteiger partial charge in [0.2, 0.25) is 8.32 Å². The van der Waals surface area contributed by atoms with E-state index in [2.05, 4.69) is 47.7 Å². The second-order valence-electron chi connectivity index (χ2n) is 5.42. The van der Waals surface area contributed by atoms with E-state index in [-0.39, 0.29) is 0 Å². The molecule has 0 bridgehead atoms. The SMILES string of the molecule is C[Si](C)(C)Oc1ccc(Br)c2c1CCCC2. The third-order valence-electron chi connectivity index (χ3n) is 2.85. The largest absolute Gasteiger partial charge is 0.544 e. The first-order chi connectivity index (χ1) is 7.47. The van der Waals surface area contributed by atoms with Crippen LogP contribution >= 0.6 is 15.9 Å². The maximum absolute atomic E-state index is 6.17. The Kier molecular flexibility index (Phi) is 3.45. The van der Waals surface area contributed by atoms with Gasteiger partial charge < -0.3 is 4.43 Å². The third kappa shape index (κ3) is 2.69. The van der Waals surface area contributed by atoms with Gasteiger partial charge in [0.15, 0.2) is 0 Å². The van der Waals surface area contributed by atoms with Crippen LogP contribution < -0.4 is 4.43 Å². The van der Waals surface area contributed by atoms with Crippen LogP contribution in [0.3, 0.4) is 0 Å². The van der Waals surface area contributed by atoms with Crippen molar-refractivity contribution in [1.82, 2.24) is 0 Å². The van der Waals surface area contributed by atoms with Gasteiger partial charge in [-0.05, 0) is 68.6 Å². The minimum atomic E-state index is -1.49. The molecule has 1 aromatic carbocycles.